The molecule has 3 N–H and O–H groups in total. The third-order valence-electron chi connectivity index (χ3n) is 3.68. The van der Waals surface area contributed by atoms with E-state index in [0.29, 0.717) is 17.0 Å². The minimum atomic E-state index is -0.545. The van der Waals surface area contributed by atoms with E-state index in [1.165, 1.54) is 6.07 Å². The van der Waals surface area contributed by atoms with Crippen LogP contribution in [0.15, 0.2) is 87.1 Å². The van der Waals surface area contributed by atoms with Crippen molar-refractivity contribution >= 4 is 45.2 Å². The van der Waals surface area contributed by atoms with Crippen LogP contribution >= 0.6 is 27.7 Å². The Bertz CT molecular complexity index is 976. The summed E-state index contributed by atoms with van der Waals surface area (Å²) in [6.45, 7) is -0.169. The lowest BCUT2D eigenvalue weighted by Gasteiger charge is -2.09. The van der Waals surface area contributed by atoms with Crippen molar-refractivity contribution in [2.45, 2.75) is 9.79 Å². The fourth-order valence-corrected chi connectivity index (χ4v) is 3.41. The fourth-order valence-electron chi connectivity index (χ4n) is 2.33. The van der Waals surface area contributed by atoms with Gasteiger partial charge < -0.3 is 15.8 Å². The molecular weight excluding hydrogens is 440 g/mol. The minimum Gasteiger partial charge on any atom is -0.484 e. The van der Waals surface area contributed by atoms with Gasteiger partial charge in [0.15, 0.2) is 6.61 Å². The van der Waals surface area contributed by atoms with E-state index in [4.69, 9.17) is 10.5 Å². The summed E-state index contributed by atoms with van der Waals surface area (Å²) in [6.07, 6.45) is 0. The number of carbonyl (C=O) groups excluding carboxylic acids is 2. The fraction of sp³-hybridized carbons (Fsp3) is 0.0476. The van der Waals surface area contributed by atoms with E-state index in [-0.39, 0.29) is 12.5 Å². The highest BCUT2D eigenvalue weighted by molar-refractivity contribution is 9.10. The molecule has 0 fully saturated rings. The molecule has 3 aromatic rings. The zero-order valence-electron chi connectivity index (χ0n) is 14.7. The van der Waals surface area contributed by atoms with Crippen molar-refractivity contribution in [3.05, 3.63) is 82.8 Å². The van der Waals surface area contributed by atoms with E-state index in [1.807, 2.05) is 48.5 Å². The highest BCUT2D eigenvalue weighted by Gasteiger charge is 2.06. The smallest absolute Gasteiger partial charge is 0.262 e. The third kappa shape index (κ3) is 5.87. The Balaban J connectivity index is 1.52. The third-order valence-corrected chi connectivity index (χ3v) is 5.22. The molecule has 0 radical (unpaired) electrons. The molecule has 142 valence electrons. The van der Waals surface area contributed by atoms with E-state index in [2.05, 4.69) is 21.2 Å². The standard InChI is InChI=1S/C21H17BrN2O3S/c22-15-4-8-18(9-5-15)28-19-10-6-16(7-11-19)24-20(25)13-27-17-3-1-2-14(12-17)21(23)26/h1-12H,13H2,(H2,23,26)(H,24,25). The molecule has 0 aliphatic rings. The van der Waals surface area contributed by atoms with E-state index < -0.39 is 5.91 Å². The normalized spacial score (nSPS) is 10.3. The van der Waals surface area contributed by atoms with Crippen LogP contribution in [0.4, 0.5) is 5.69 Å². The highest BCUT2D eigenvalue weighted by atomic mass is 79.9. The number of carbonyl (C=O) groups is 2. The van der Waals surface area contributed by atoms with E-state index in [1.54, 1.807) is 30.0 Å². The van der Waals surface area contributed by atoms with Crippen molar-refractivity contribution in [3.63, 3.8) is 0 Å². The predicted molar refractivity (Wildman–Crippen MR) is 114 cm³/mol. The largest absolute Gasteiger partial charge is 0.484 e. The molecule has 3 aromatic carbocycles. The summed E-state index contributed by atoms with van der Waals surface area (Å²) in [7, 11) is 0. The molecule has 7 heteroatoms. The van der Waals surface area contributed by atoms with Crippen molar-refractivity contribution in [1.29, 1.82) is 0 Å². The van der Waals surface area contributed by atoms with Gasteiger partial charge in [-0.25, -0.2) is 0 Å². The lowest BCUT2D eigenvalue weighted by Crippen LogP contribution is -2.20. The molecule has 5 nitrogen and oxygen atoms in total. The van der Waals surface area contributed by atoms with Crippen LogP contribution in [0.25, 0.3) is 0 Å². The van der Waals surface area contributed by atoms with Crippen LogP contribution < -0.4 is 15.8 Å². The number of nitrogens with two attached hydrogens (primary N) is 1. The molecule has 0 saturated carbocycles. The first-order valence-electron chi connectivity index (χ1n) is 8.35. The molecule has 0 heterocycles. The molecular formula is C21H17BrN2O3S. The van der Waals surface area contributed by atoms with Gasteiger partial charge in [-0.1, -0.05) is 33.8 Å². The van der Waals surface area contributed by atoms with Gasteiger partial charge in [0.1, 0.15) is 5.75 Å². The van der Waals surface area contributed by atoms with Crippen LogP contribution in [-0.2, 0) is 4.79 Å². The average Bonchev–Trinajstić information content (AvgIpc) is 2.70. The van der Waals surface area contributed by atoms with Gasteiger partial charge in [-0.15, -0.1) is 0 Å². The maximum atomic E-state index is 12.1. The Kier molecular flexibility index (Phi) is 6.73. The maximum Gasteiger partial charge on any atom is 0.262 e. The van der Waals surface area contributed by atoms with Crippen LogP contribution in [0.1, 0.15) is 10.4 Å². The number of rotatable bonds is 7. The molecule has 0 aliphatic carbocycles. The quantitative estimate of drug-likeness (QED) is 0.538. The Hall–Kier alpha value is -2.77. The van der Waals surface area contributed by atoms with Crippen molar-refractivity contribution in [1.82, 2.24) is 0 Å². The monoisotopic (exact) mass is 456 g/mol. The summed E-state index contributed by atoms with van der Waals surface area (Å²) in [4.78, 5) is 25.4. The summed E-state index contributed by atoms with van der Waals surface area (Å²) in [5.74, 6) is -0.429. The number of amides is 2. The van der Waals surface area contributed by atoms with E-state index in [0.717, 1.165) is 14.3 Å². The second-order valence-electron chi connectivity index (χ2n) is 5.81. The number of benzene rings is 3. The second kappa shape index (κ2) is 9.43. The molecule has 0 aromatic heterocycles. The van der Waals surface area contributed by atoms with Crippen molar-refractivity contribution in [2.75, 3.05) is 11.9 Å². The molecule has 0 saturated heterocycles. The van der Waals surface area contributed by atoms with Gasteiger partial charge in [0.25, 0.3) is 5.91 Å². The van der Waals surface area contributed by atoms with E-state index in [9.17, 15) is 9.59 Å². The average molecular weight is 457 g/mol. The molecule has 0 atom stereocenters. The Labute approximate surface area is 175 Å². The Morgan fingerprint density at radius 3 is 2.25 bits per heavy atom. The number of anilines is 1. The van der Waals surface area contributed by atoms with Crippen LogP contribution in [0, 0.1) is 0 Å². The van der Waals surface area contributed by atoms with Crippen LogP contribution in [-0.4, -0.2) is 18.4 Å². The molecule has 2 amide bonds. The maximum absolute atomic E-state index is 12.1. The van der Waals surface area contributed by atoms with Gasteiger partial charge in [-0.2, -0.15) is 0 Å². The molecule has 0 spiro atoms. The first-order chi connectivity index (χ1) is 13.5. The number of ether oxygens (including phenoxy) is 1. The van der Waals surface area contributed by atoms with Gasteiger partial charge in [0, 0.05) is 25.5 Å². The molecule has 0 bridgehead atoms. The van der Waals surface area contributed by atoms with Gasteiger partial charge in [-0.3, -0.25) is 9.59 Å². The minimum absolute atomic E-state index is 0.169. The number of hydrogen-bond acceptors (Lipinski definition) is 4. The lowest BCUT2D eigenvalue weighted by molar-refractivity contribution is -0.118. The number of hydrogen-bond donors (Lipinski definition) is 2. The first kappa shape index (κ1) is 20.0. The van der Waals surface area contributed by atoms with Gasteiger partial charge in [0.2, 0.25) is 5.91 Å². The van der Waals surface area contributed by atoms with Crippen molar-refractivity contribution in [3.8, 4) is 5.75 Å². The number of nitrogens with one attached hydrogen (secondary N) is 1. The van der Waals surface area contributed by atoms with Crippen LogP contribution in [0.5, 0.6) is 5.75 Å². The van der Waals surface area contributed by atoms with Crippen LogP contribution in [0.3, 0.4) is 0 Å². The van der Waals surface area contributed by atoms with E-state index >= 15 is 0 Å². The first-order valence-corrected chi connectivity index (χ1v) is 9.96. The number of primary amides is 1. The molecule has 28 heavy (non-hydrogen) atoms. The Morgan fingerprint density at radius 2 is 1.61 bits per heavy atom. The lowest BCUT2D eigenvalue weighted by atomic mass is 10.2. The number of halogens is 1. The van der Waals surface area contributed by atoms with Gasteiger partial charge in [-0.05, 0) is 66.7 Å². The summed E-state index contributed by atoms with van der Waals surface area (Å²) < 4.78 is 6.46. The van der Waals surface area contributed by atoms with Gasteiger partial charge in [0.05, 0.1) is 0 Å². The second-order valence-corrected chi connectivity index (χ2v) is 7.87. The SMILES string of the molecule is NC(=O)c1cccc(OCC(=O)Nc2ccc(Sc3ccc(Br)cc3)cc2)c1. The van der Waals surface area contributed by atoms with Crippen molar-refractivity contribution in [2.24, 2.45) is 5.73 Å². The zero-order chi connectivity index (χ0) is 19.9. The highest BCUT2D eigenvalue weighted by Crippen LogP contribution is 2.29. The van der Waals surface area contributed by atoms with Crippen molar-refractivity contribution < 1.29 is 14.3 Å². The molecule has 0 aliphatic heterocycles. The Morgan fingerprint density at radius 1 is 0.964 bits per heavy atom. The molecule has 3 rings (SSSR count). The zero-order valence-corrected chi connectivity index (χ0v) is 17.1. The van der Waals surface area contributed by atoms with Crippen LogP contribution in [0.2, 0.25) is 0 Å². The topological polar surface area (TPSA) is 81.4 Å². The van der Waals surface area contributed by atoms with Gasteiger partial charge >= 0.3 is 0 Å². The summed E-state index contributed by atoms with van der Waals surface area (Å²) >= 11 is 5.06. The summed E-state index contributed by atoms with van der Waals surface area (Å²) in [6, 6.07) is 22.0. The predicted octanol–water partition coefficient (Wildman–Crippen LogP) is 4.72. The molecule has 0 unspecified atom stereocenters. The summed E-state index contributed by atoms with van der Waals surface area (Å²) in [5, 5.41) is 2.78. The summed E-state index contributed by atoms with van der Waals surface area (Å²) in [5.41, 5.74) is 6.24.